The summed E-state index contributed by atoms with van der Waals surface area (Å²) in [5.41, 5.74) is 0. The van der Waals surface area contributed by atoms with Crippen LogP contribution in [-0.4, -0.2) is 27.1 Å². The predicted octanol–water partition coefficient (Wildman–Crippen LogP) is 0.981. The summed E-state index contributed by atoms with van der Waals surface area (Å²) >= 11 is 0. The lowest BCUT2D eigenvalue weighted by Gasteiger charge is -1.96. The van der Waals surface area contributed by atoms with Crippen LogP contribution in [0, 0.1) is 11.3 Å². The molecule has 14 heavy (non-hydrogen) atoms. The van der Waals surface area contributed by atoms with Gasteiger partial charge in [0.2, 0.25) is 0 Å². The molecule has 0 aliphatic rings. The van der Waals surface area contributed by atoms with Gasteiger partial charge in [-0.2, -0.15) is 13.7 Å². The highest BCUT2D eigenvalue weighted by molar-refractivity contribution is 7.86. The molecule has 0 aliphatic heterocycles. The van der Waals surface area contributed by atoms with E-state index in [1.54, 1.807) is 6.92 Å². The van der Waals surface area contributed by atoms with Crippen LogP contribution in [-0.2, 0) is 23.4 Å². The average Bonchev–Trinajstić information content (AvgIpc) is 2.08. The minimum atomic E-state index is -3.79. The molecular weight excluding hydrogens is 229 g/mol. The second kappa shape index (κ2) is 6.04. The Balaban J connectivity index is 4.30. The number of rotatable bonds is 6. The minimum Gasteiger partial charge on any atom is -0.201 e. The van der Waals surface area contributed by atoms with Crippen molar-refractivity contribution in [1.82, 2.24) is 0 Å². The average molecular weight is 240 g/mol. The fourth-order valence-corrected chi connectivity index (χ4v) is 2.23. The van der Waals surface area contributed by atoms with Gasteiger partial charge in [-0.3, -0.25) is 0 Å². The van der Waals surface area contributed by atoms with Gasteiger partial charge in [0.05, 0.1) is 6.26 Å². The number of nitrogens with zero attached hydrogens (tertiary/aromatic N) is 1. The molecule has 0 saturated heterocycles. The van der Waals surface area contributed by atoms with Crippen molar-refractivity contribution in [3.63, 3.8) is 0 Å². The second-order valence-electron chi connectivity index (χ2n) is 2.40. The maximum absolute atomic E-state index is 11.1. The zero-order valence-corrected chi connectivity index (χ0v) is 9.55. The third kappa shape index (κ3) is 6.00. The fraction of sp³-hybridized carbons (Fsp3) is 0.833. The number of hydrogen-bond donors (Lipinski definition) is 0. The Bertz CT molecular complexity index is 333. The second-order valence-corrected chi connectivity index (χ2v) is 5.30. The molecule has 0 aromatic heterocycles. The zero-order valence-electron chi connectivity index (χ0n) is 7.84. The number of hydrogen-bond acceptors (Lipinski definition) is 6. The lowest BCUT2D eigenvalue weighted by Crippen LogP contribution is -2.12. The summed E-state index contributed by atoms with van der Waals surface area (Å²) in [7, 11) is -6.22. The van der Waals surface area contributed by atoms with Crippen molar-refractivity contribution in [3.8, 4) is 6.07 Å². The highest BCUT2D eigenvalue weighted by Gasteiger charge is 2.37. The van der Waals surface area contributed by atoms with E-state index >= 15 is 0 Å². The maximum atomic E-state index is 11.1. The molecule has 0 saturated carbocycles. The van der Waals surface area contributed by atoms with E-state index in [0.29, 0.717) is 6.42 Å². The van der Waals surface area contributed by atoms with E-state index in [1.165, 1.54) is 6.07 Å². The first-order valence-electron chi connectivity index (χ1n) is 3.78. The minimum absolute atomic E-state index is 0.195. The van der Waals surface area contributed by atoms with Crippen molar-refractivity contribution in [2.75, 3.05) is 12.9 Å². The molecule has 0 bridgehead atoms. The van der Waals surface area contributed by atoms with Gasteiger partial charge in [0.15, 0.2) is 6.07 Å². The van der Waals surface area contributed by atoms with Crippen molar-refractivity contribution in [2.24, 2.45) is 0 Å². The Kier molecular flexibility index (Phi) is 5.81. The van der Waals surface area contributed by atoms with Crippen LogP contribution in [0.4, 0.5) is 0 Å². The van der Waals surface area contributed by atoms with Crippen LogP contribution in [0.5, 0.6) is 0 Å². The van der Waals surface area contributed by atoms with E-state index in [-0.39, 0.29) is 6.61 Å². The molecule has 0 aromatic rings. The Morgan fingerprint density at radius 2 is 2.14 bits per heavy atom. The van der Waals surface area contributed by atoms with Crippen LogP contribution < -0.4 is 0 Å². The van der Waals surface area contributed by atoms with Crippen LogP contribution in [0.2, 0.25) is 0 Å². The standard InChI is InChI=1S/C6H11NO5PS/c1-3-4-11-13(8)6(5-7)12-14(2,9)10/h6H,3-4H2,1-2H3/q+1. The van der Waals surface area contributed by atoms with Crippen molar-refractivity contribution in [3.05, 3.63) is 0 Å². The van der Waals surface area contributed by atoms with Crippen molar-refractivity contribution < 1.29 is 21.7 Å². The molecule has 2 atom stereocenters. The predicted molar refractivity (Wildman–Crippen MR) is 49.2 cm³/mol. The molecule has 0 radical (unpaired) electrons. The molecule has 0 aromatic carbocycles. The van der Waals surface area contributed by atoms with E-state index in [9.17, 15) is 13.0 Å². The molecule has 6 nitrogen and oxygen atoms in total. The van der Waals surface area contributed by atoms with Gasteiger partial charge < -0.3 is 0 Å². The van der Waals surface area contributed by atoms with Gasteiger partial charge in [-0.05, 0) is 11.0 Å². The van der Waals surface area contributed by atoms with E-state index < -0.39 is 24.0 Å². The summed E-state index contributed by atoms with van der Waals surface area (Å²) in [5, 5.41) is 8.46. The molecule has 8 heteroatoms. The highest BCUT2D eigenvalue weighted by atomic mass is 32.2. The molecule has 0 spiro atoms. The van der Waals surface area contributed by atoms with E-state index in [1.807, 2.05) is 0 Å². The van der Waals surface area contributed by atoms with Gasteiger partial charge >= 0.3 is 13.9 Å². The van der Waals surface area contributed by atoms with Crippen LogP contribution >= 0.6 is 8.03 Å². The first-order valence-corrected chi connectivity index (χ1v) is 6.84. The largest absolute Gasteiger partial charge is 0.558 e. The first-order chi connectivity index (χ1) is 6.40. The van der Waals surface area contributed by atoms with Gasteiger partial charge in [-0.25, -0.2) is 4.18 Å². The van der Waals surface area contributed by atoms with Gasteiger partial charge in [-0.15, -0.1) is 4.52 Å². The van der Waals surface area contributed by atoms with Gasteiger partial charge in [0.1, 0.15) is 6.61 Å². The highest BCUT2D eigenvalue weighted by Crippen LogP contribution is 2.30. The molecule has 0 aliphatic carbocycles. The molecule has 0 heterocycles. The van der Waals surface area contributed by atoms with Crippen molar-refractivity contribution in [1.29, 1.82) is 5.26 Å². The topological polar surface area (TPSA) is 93.5 Å². The SMILES string of the molecule is CCCO[P+](=O)C(C#N)OS(C)(=O)=O. The molecule has 0 N–H and O–H groups in total. The van der Waals surface area contributed by atoms with E-state index in [2.05, 4.69) is 8.71 Å². The lowest BCUT2D eigenvalue weighted by molar-refractivity contribution is 0.273. The smallest absolute Gasteiger partial charge is 0.201 e. The summed E-state index contributed by atoms with van der Waals surface area (Å²) in [6.07, 6.45) is 1.40. The third-order valence-electron chi connectivity index (χ3n) is 0.991. The van der Waals surface area contributed by atoms with Crippen LogP contribution in [0.3, 0.4) is 0 Å². The summed E-state index contributed by atoms with van der Waals surface area (Å²) in [5.74, 6) is -1.56. The monoisotopic (exact) mass is 240 g/mol. The zero-order chi connectivity index (χ0) is 11.2. The Hall–Kier alpha value is -0.540. The van der Waals surface area contributed by atoms with Crippen molar-refractivity contribution in [2.45, 2.75) is 19.2 Å². The van der Waals surface area contributed by atoms with Crippen LogP contribution in [0.25, 0.3) is 0 Å². The molecule has 0 fully saturated rings. The van der Waals surface area contributed by atoms with E-state index in [4.69, 9.17) is 5.26 Å². The maximum Gasteiger partial charge on any atom is 0.558 e. The Labute approximate surface area is 83.8 Å². The van der Waals surface area contributed by atoms with Crippen LogP contribution in [0.1, 0.15) is 13.3 Å². The lowest BCUT2D eigenvalue weighted by atomic mass is 10.5. The molecule has 0 amide bonds. The summed E-state index contributed by atoms with van der Waals surface area (Å²) < 4.78 is 41.3. The summed E-state index contributed by atoms with van der Waals surface area (Å²) in [4.78, 5) is 0. The normalized spacial score (nSPS) is 14.5. The first kappa shape index (κ1) is 13.5. The molecule has 80 valence electrons. The fourth-order valence-electron chi connectivity index (χ4n) is 0.518. The molecule has 2 unspecified atom stereocenters. The Morgan fingerprint density at radius 1 is 1.57 bits per heavy atom. The quantitative estimate of drug-likeness (QED) is 0.507. The number of nitriles is 1. The summed E-state index contributed by atoms with van der Waals surface area (Å²) in [6, 6.07) is 1.46. The Morgan fingerprint density at radius 3 is 2.50 bits per heavy atom. The third-order valence-corrected chi connectivity index (χ3v) is 2.72. The van der Waals surface area contributed by atoms with Gasteiger partial charge in [-0.1, -0.05) is 6.92 Å². The van der Waals surface area contributed by atoms with Crippen molar-refractivity contribution >= 4 is 18.1 Å². The van der Waals surface area contributed by atoms with Gasteiger partial charge in [0, 0.05) is 0 Å². The van der Waals surface area contributed by atoms with E-state index in [0.717, 1.165) is 6.26 Å². The molecular formula is C6H11NO5PS+. The molecule has 0 rings (SSSR count). The van der Waals surface area contributed by atoms with Gasteiger partial charge in [0.25, 0.3) is 10.1 Å². The van der Waals surface area contributed by atoms with Crippen LogP contribution in [0.15, 0.2) is 0 Å². The summed E-state index contributed by atoms with van der Waals surface area (Å²) in [6.45, 7) is 1.99.